The van der Waals surface area contributed by atoms with Crippen LogP contribution in [0.5, 0.6) is 0 Å². The molecule has 3 heteroatoms. The third kappa shape index (κ3) is 50.9. The van der Waals surface area contributed by atoms with Crippen molar-refractivity contribution in [2.75, 3.05) is 0 Å². The van der Waals surface area contributed by atoms with Crippen LogP contribution >= 0.6 is 0 Å². The fraction of sp³-hybridized carbons (Fsp3) is 0.333. The molecule has 0 atom stereocenters. The molecule has 0 aliphatic rings. The van der Waals surface area contributed by atoms with E-state index in [1.165, 1.54) is 13.2 Å². The van der Waals surface area contributed by atoms with Gasteiger partial charge in [0.1, 0.15) is 0 Å². The predicted octanol–water partition coefficient (Wildman–Crippen LogP) is 0.561. The zero-order valence-electron chi connectivity index (χ0n) is 3.89. The van der Waals surface area contributed by atoms with E-state index in [4.69, 9.17) is 4.79 Å². The maximum atomic E-state index is 8.68. The minimum atomic E-state index is 0. The number of rotatable bonds is 0. The van der Waals surface area contributed by atoms with Gasteiger partial charge in [0.15, 0.2) is 0 Å². The van der Waals surface area contributed by atoms with Crippen LogP contribution in [0.2, 0.25) is 0 Å². The summed E-state index contributed by atoms with van der Waals surface area (Å²) in [6, 6.07) is 0. The Morgan fingerprint density at radius 2 is 1.50 bits per heavy atom. The van der Waals surface area contributed by atoms with Crippen LogP contribution in [0.4, 0.5) is 0 Å². The second-order valence-corrected chi connectivity index (χ2v) is 0.204. The van der Waals surface area contributed by atoms with E-state index >= 15 is 0 Å². The quantitative estimate of drug-likeness (QED) is 0.593. The van der Waals surface area contributed by atoms with Crippen molar-refractivity contribution in [2.24, 2.45) is 0 Å². The molecule has 1 radical (unpaired) electrons. The van der Waals surface area contributed by atoms with Gasteiger partial charge in [-0.3, -0.25) is 6.29 Å². The molecule has 0 unspecified atom stereocenters. The zero-order chi connectivity index (χ0) is 2.71. The summed E-state index contributed by atoms with van der Waals surface area (Å²) in [5, 5.41) is 0. The summed E-state index contributed by atoms with van der Waals surface area (Å²) < 4.78 is 0. The van der Waals surface area contributed by atoms with E-state index in [1.54, 1.807) is 0 Å². The van der Waals surface area contributed by atoms with Crippen LogP contribution in [0.3, 0.4) is 0 Å². The van der Waals surface area contributed by atoms with Crippen LogP contribution < -0.4 is 0 Å². The zero-order valence-corrected chi connectivity index (χ0v) is 9.67. The molecule has 0 fully saturated rings. The molecule has 0 N–H and O–H groups in total. The number of carbonyl (C=O) groups excluding carboxylic acids is 1. The average molecular weight is 331 g/mol. The van der Waals surface area contributed by atoms with E-state index in [9.17, 15) is 0 Å². The molecule has 0 aromatic heterocycles. The van der Waals surface area contributed by atoms with Gasteiger partial charge in [-0.1, -0.05) is 0 Å². The molecule has 0 spiro atoms. The Morgan fingerprint density at radius 3 is 1.50 bits per heavy atom. The molecular formula is C3H6OWY. The smallest absolute Gasteiger partial charge is 0.542 e. The Morgan fingerprint density at radius 1 is 1.50 bits per heavy atom. The van der Waals surface area contributed by atoms with Gasteiger partial charge in [0.2, 0.25) is 0 Å². The number of hydrogen-bond acceptors (Lipinski definition) is 1. The Bertz CT molecular complexity index is 18.3. The van der Waals surface area contributed by atoms with Crippen molar-refractivity contribution >= 4 is 6.29 Å². The topological polar surface area (TPSA) is 17.1 Å². The second-order valence-electron chi connectivity index (χ2n) is 0.204. The normalized spacial score (nSPS) is 2.17. The monoisotopic (exact) mass is 331 g/mol. The molecule has 0 aliphatic heterocycles. The summed E-state index contributed by atoms with van der Waals surface area (Å²) in [6.07, 6.45) is 1.50. The molecule has 0 aromatic carbocycles. The molecule has 0 saturated heterocycles. The predicted molar refractivity (Wildman–Crippen MR) is 17.8 cm³/mol. The summed E-state index contributed by atoms with van der Waals surface area (Å²) >= 11 is 0. The minimum absolute atomic E-state index is 0. The molecule has 33 valence electrons. The second kappa shape index (κ2) is 31.8. The number of hydrogen-bond donors (Lipinski definition) is 0. The van der Waals surface area contributed by atoms with Gasteiger partial charge in [0, 0.05) is 32.7 Å². The minimum Gasteiger partial charge on any atom is -0.542 e. The van der Waals surface area contributed by atoms with Gasteiger partial charge in [-0.25, -0.2) is 0 Å². The maximum absolute atomic E-state index is 8.68. The van der Waals surface area contributed by atoms with Crippen LogP contribution in [-0.2, 0) is 58.6 Å². The summed E-state index contributed by atoms with van der Waals surface area (Å²) in [5.74, 6) is 0. The largest absolute Gasteiger partial charge is 2.00 e. The van der Waals surface area contributed by atoms with Crippen LogP contribution in [0.25, 0.3) is 0 Å². The summed E-state index contributed by atoms with van der Waals surface area (Å²) in [4.78, 5) is 8.68. The summed E-state index contributed by atoms with van der Waals surface area (Å²) in [6.45, 7) is 1.32. The maximum Gasteiger partial charge on any atom is 2.00 e. The van der Waals surface area contributed by atoms with Crippen molar-refractivity contribution in [3.8, 4) is 0 Å². The molecule has 0 rings (SSSR count). The third-order valence-electron chi connectivity index (χ3n) is 0. The van der Waals surface area contributed by atoms with Crippen molar-refractivity contribution < 1.29 is 58.6 Å². The van der Waals surface area contributed by atoms with Crippen molar-refractivity contribution in [3.63, 3.8) is 0 Å². The average Bonchev–Trinajstić information content (AvgIpc) is 0.918. The van der Waals surface area contributed by atoms with Gasteiger partial charge in [-0.05, 0) is 0 Å². The van der Waals surface area contributed by atoms with Gasteiger partial charge < -0.3 is 12.2 Å². The van der Waals surface area contributed by atoms with Crippen molar-refractivity contribution in [1.82, 2.24) is 0 Å². The molecule has 0 bridgehead atoms. The van der Waals surface area contributed by atoms with Crippen molar-refractivity contribution in [1.29, 1.82) is 0 Å². The van der Waals surface area contributed by atoms with Gasteiger partial charge in [-0.15, -0.1) is 0 Å². The van der Waals surface area contributed by atoms with Gasteiger partial charge >= 0.3 is 21.1 Å². The first-order chi connectivity index (χ1) is 1.41. The van der Waals surface area contributed by atoms with Gasteiger partial charge in [-0.2, -0.15) is 6.92 Å². The van der Waals surface area contributed by atoms with Crippen LogP contribution in [-0.4, -0.2) is 6.29 Å². The molecule has 0 aromatic rings. The first-order valence-corrected chi connectivity index (χ1v) is 0.704. The van der Waals surface area contributed by atoms with Crippen LogP contribution in [0.1, 0.15) is 6.92 Å². The Labute approximate surface area is 78.4 Å². The molecular weight excluding hydrogens is 325 g/mol. The van der Waals surface area contributed by atoms with Gasteiger partial charge in [0.05, 0.1) is 0 Å². The van der Waals surface area contributed by atoms with Crippen molar-refractivity contribution in [2.45, 2.75) is 6.92 Å². The Balaban J connectivity index is -0.00000000667. The molecule has 0 saturated carbocycles. The van der Waals surface area contributed by atoms with E-state index < -0.39 is 0 Å². The summed E-state index contributed by atoms with van der Waals surface area (Å²) in [5.41, 5.74) is 0. The standard InChI is InChI=1S/C2H3O.CH3.W.Y/c1-2-3;;;/h1H3;1H3;;/q2*-1;+2;. The fourth-order valence-electron chi connectivity index (χ4n) is 0. The van der Waals surface area contributed by atoms with Crippen molar-refractivity contribution in [3.05, 3.63) is 7.43 Å². The van der Waals surface area contributed by atoms with E-state index in [2.05, 4.69) is 0 Å². The summed E-state index contributed by atoms with van der Waals surface area (Å²) in [7, 11) is 0. The van der Waals surface area contributed by atoms with E-state index in [0.29, 0.717) is 0 Å². The van der Waals surface area contributed by atoms with E-state index in [0.717, 1.165) is 0 Å². The first-order valence-electron chi connectivity index (χ1n) is 0.704. The Hall–Kier alpha value is 1.46. The SMILES string of the molecule is C[C-]=O.[CH3-].[W+2].[Y]. The van der Waals surface area contributed by atoms with Gasteiger partial charge in [0.25, 0.3) is 0 Å². The fourth-order valence-corrected chi connectivity index (χ4v) is 0. The molecule has 6 heavy (non-hydrogen) atoms. The van der Waals surface area contributed by atoms with Crippen LogP contribution in [0.15, 0.2) is 0 Å². The van der Waals surface area contributed by atoms with E-state index in [1.807, 2.05) is 0 Å². The molecule has 0 aliphatic carbocycles. The molecule has 0 amide bonds. The first kappa shape index (κ1) is 26.0. The Kier molecular flexibility index (Phi) is 138. The molecule has 1 nitrogen and oxygen atoms in total. The third-order valence-corrected chi connectivity index (χ3v) is 0. The van der Waals surface area contributed by atoms with E-state index in [-0.39, 0.29) is 61.2 Å². The van der Waals surface area contributed by atoms with Crippen LogP contribution in [0, 0.1) is 7.43 Å². The molecule has 0 heterocycles.